The summed E-state index contributed by atoms with van der Waals surface area (Å²) in [5, 5.41) is 25.9. The number of nitrogens with zero attached hydrogens (tertiary/aromatic N) is 1. The molecule has 0 radical (unpaired) electrons. The summed E-state index contributed by atoms with van der Waals surface area (Å²) in [6, 6.07) is 5.43. The highest BCUT2D eigenvalue weighted by molar-refractivity contribution is 5.91. The Morgan fingerprint density at radius 2 is 2.08 bits per heavy atom. The van der Waals surface area contributed by atoms with Gasteiger partial charge in [0.25, 0.3) is 0 Å². The second-order valence-corrected chi connectivity index (χ2v) is 2.15. The smallest absolute Gasteiger partial charge is 0.339 e. The van der Waals surface area contributed by atoms with Crippen LogP contribution in [0.5, 0.6) is 5.75 Å². The molecule has 0 aliphatic rings. The number of carboxylic acid groups (broad SMARTS) is 1. The molecule has 1 aromatic carbocycles. The molecule has 4 nitrogen and oxygen atoms in total. The van der Waals surface area contributed by atoms with Crippen LogP contribution in [-0.2, 0) is 0 Å². The quantitative estimate of drug-likeness (QED) is 0.686. The highest BCUT2D eigenvalue weighted by Gasteiger charge is 2.09. The molecule has 0 atom stereocenters. The van der Waals surface area contributed by atoms with E-state index in [1.54, 1.807) is 6.07 Å². The SMILES string of the molecule is C.N#Cc1ccc(O)c(C(=O)O)c1. The maximum absolute atomic E-state index is 10.4. The standard InChI is InChI=1S/C8H5NO3.CH4/c9-4-5-1-2-7(10)6(3-5)8(11)12;/h1-3,10H,(H,11,12);1H4. The normalized spacial score (nSPS) is 8.23. The summed E-state index contributed by atoms with van der Waals surface area (Å²) in [5.74, 6) is -1.58. The summed E-state index contributed by atoms with van der Waals surface area (Å²) < 4.78 is 0. The third-order valence-electron chi connectivity index (χ3n) is 1.36. The van der Waals surface area contributed by atoms with Gasteiger partial charge in [-0.25, -0.2) is 4.79 Å². The van der Waals surface area contributed by atoms with Crippen molar-refractivity contribution in [1.82, 2.24) is 0 Å². The lowest BCUT2D eigenvalue weighted by molar-refractivity contribution is 0.0693. The first-order chi connectivity index (χ1) is 5.65. The van der Waals surface area contributed by atoms with E-state index in [1.165, 1.54) is 12.1 Å². The van der Waals surface area contributed by atoms with E-state index in [2.05, 4.69) is 0 Å². The van der Waals surface area contributed by atoms with Crippen molar-refractivity contribution in [2.24, 2.45) is 0 Å². The predicted octanol–water partition coefficient (Wildman–Crippen LogP) is 1.60. The summed E-state index contributed by atoms with van der Waals surface area (Å²) in [5.41, 5.74) is -0.0424. The van der Waals surface area contributed by atoms with Gasteiger partial charge in [0.2, 0.25) is 0 Å². The average Bonchev–Trinajstić information content (AvgIpc) is 2.05. The molecule has 0 aliphatic heterocycles. The van der Waals surface area contributed by atoms with Crippen LogP contribution in [-0.4, -0.2) is 16.2 Å². The number of aromatic carboxylic acids is 1. The van der Waals surface area contributed by atoms with E-state index in [4.69, 9.17) is 15.5 Å². The minimum atomic E-state index is -1.25. The Morgan fingerprint density at radius 1 is 1.46 bits per heavy atom. The maximum Gasteiger partial charge on any atom is 0.339 e. The topological polar surface area (TPSA) is 81.3 Å². The Kier molecular flexibility index (Phi) is 3.48. The number of hydrogen-bond donors (Lipinski definition) is 2. The van der Waals surface area contributed by atoms with Crippen LogP contribution in [0.15, 0.2) is 18.2 Å². The van der Waals surface area contributed by atoms with Gasteiger partial charge in [0.05, 0.1) is 11.6 Å². The Labute approximate surface area is 75.7 Å². The van der Waals surface area contributed by atoms with Gasteiger partial charge in [0, 0.05) is 0 Å². The number of carbonyl (C=O) groups is 1. The highest BCUT2D eigenvalue weighted by atomic mass is 16.4. The molecule has 4 heteroatoms. The van der Waals surface area contributed by atoms with Gasteiger partial charge in [-0.1, -0.05) is 7.43 Å². The molecule has 0 heterocycles. The Morgan fingerprint density at radius 3 is 2.54 bits per heavy atom. The number of benzene rings is 1. The minimum Gasteiger partial charge on any atom is -0.507 e. The van der Waals surface area contributed by atoms with Gasteiger partial charge in [-0.3, -0.25) is 0 Å². The van der Waals surface area contributed by atoms with Crippen molar-refractivity contribution >= 4 is 5.97 Å². The highest BCUT2D eigenvalue weighted by Crippen LogP contribution is 2.17. The van der Waals surface area contributed by atoms with Gasteiger partial charge < -0.3 is 10.2 Å². The molecule has 1 aromatic rings. The molecule has 0 spiro atoms. The molecule has 0 bridgehead atoms. The molecular weight excluding hydrogens is 170 g/mol. The second kappa shape index (κ2) is 4.12. The van der Waals surface area contributed by atoms with E-state index < -0.39 is 5.97 Å². The molecule has 0 aliphatic carbocycles. The van der Waals surface area contributed by atoms with Crippen molar-refractivity contribution in [3.05, 3.63) is 29.3 Å². The molecule has 2 N–H and O–H groups in total. The summed E-state index contributed by atoms with van der Waals surface area (Å²) in [4.78, 5) is 10.4. The molecule has 0 aromatic heterocycles. The van der Waals surface area contributed by atoms with Crippen LogP contribution in [0.2, 0.25) is 0 Å². The van der Waals surface area contributed by atoms with Gasteiger partial charge in [-0.05, 0) is 18.2 Å². The van der Waals surface area contributed by atoms with Crippen molar-refractivity contribution in [3.63, 3.8) is 0 Å². The lowest BCUT2D eigenvalue weighted by Gasteiger charge is -1.97. The van der Waals surface area contributed by atoms with Crippen LogP contribution >= 0.6 is 0 Å². The number of nitriles is 1. The van der Waals surface area contributed by atoms with Crippen LogP contribution in [0.3, 0.4) is 0 Å². The zero-order valence-electron chi connectivity index (χ0n) is 5.98. The van der Waals surface area contributed by atoms with E-state index in [0.717, 1.165) is 6.07 Å². The van der Waals surface area contributed by atoms with E-state index in [9.17, 15) is 4.79 Å². The van der Waals surface area contributed by atoms with Crippen LogP contribution in [0.4, 0.5) is 0 Å². The molecule has 1 rings (SSSR count). The van der Waals surface area contributed by atoms with Crippen molar-refractivity contribution in [2.75, 3.05) is 0 Å². The number of aromatic hydroxyl groups is 1. The largest absolute Gasteiger partial charge is 0.507 e. The zero-order chi connectivity index (χ0) is 9.14. The Balaban J connectivity index is 0.00000144. The predicted molar refractivity (Wildman–Crippen MR) is 46.5 cm³/mol. The zero-order valence-corrected chi connectivity index (χ0v) is 5.98. The van der Waals surface area contributed by atoms with E-state index >= 15 is 0 Å². The van der Waals surface area contributed by atoms with E-state index in [0.29, 0.717) is 0 Å². The first-order valence-corrected chi connectivity index (χ1v) is 3.11. The molecule has 0 amide bonds. The molecule has 13 heavy (non-hydrogen) atoms. The average molecular weight is 179 g/mol. The lowest BCUT2D eigenvalue weighted by atomic mass is 10.1. The Hall–Kier alpha value is -2.02. The summed E-state index contributed by atoms with van der Waals surface area (Å²) >= 11 is 0. The molecular formula is C9H9NO3. The fraction of sp³-hybridized carbons (Fsp3) is 0.111. The summed E-state index contributed by atoms with van der Waals surface area (Å²) in [6.45, 7) is 0. The molecule has 0 saturated carbocycles. The fourth-order valence-corrected chi connectivity index (χ4v) is 0.777. The summed E-state index contributed by atoms with van der Waals surface area (Å²) in [6.07, 6.45) is 0. The van der Waals surface area contributed by atoms with Gasteiger partial charge in [0.15, 0.2) is 0 Å². The van der Waals surface area contributed by atoms with Crippen molar-refractivity contribution in [3.8, 4) is 11.8 Å². The number of rotatable bonds is 1. The third kappa shape index (κ3) is 2.20. The van der Waals surface area contributed by atoms with Crippen molar-refractivity contribution in [2.45, 2.75) is 7.43 Å². The van der Waals surface area contributed by atoms with Crippen LogP contribution in [0.1, 0.15) is 23.3 Å². The third-order valence-corrected chi connectivity index (χ3v) is 1.36. The fourth-order valence-electron chi connectivity index (χ4n) is 0.777. The maximum atomic E-state index is 10.4. The monoisotopic (exact) mass is 179 g/mol. The first kappa shape index (κ1) is 11.0. The second-order valence-electron chi connectivity index (χ2n) is 2.15. The van der Waals surface area contributed by atoms with Crippen molar-refractivity contribution in [1.29, 1.82) is 5.26 Å². The van der Waals surface area contributed by atoms with Gasteiger partial charge >= 0.3 is 5.97 Å². The van der Waals surface area contributed by atoms with E-state index in [-0.39, 0.29) is 24.3 Å². The molecule has 0 saturated heterocycles. The molecule has 68 valence electrons. The van der Waals surface area contributed by atoms with Crippen LogP contribution in [0, 0.1) is 11.3 Å². The van der Waals surface area contributed by atoms with Gasteiger partial charge in [0.1, 0.15) is 11.3 Å². The molecule has 0 fully saturated rings. The van der Waals surface area contributed by atoms with Crippen LogP contribution < -0.4 is 0 Å². The van der Waals surface area contributed by atoms with E-state index in [1.807, 2.05) is 0 Å². The van der Waals surface area contributed by atoms with Crippen LogP contribution in [0.25, 0.3) is 0 Å². The lowest BCUT2D eigenvalue weighted by Crippen LogP contribution is -1.96. The minimum absolute atomic E-state index is 0. The van der Waals surface area contributed by atoms with Crippen molar-refractivity contribution < 1.29 is 15.0 Å². The number of phenols is 1. The number of carboxylic acids is 1. The summed E-state index contributed by atoms with van der Waals surface area (Å²) in [7, 11) is 0. The van der Waals surface area contributed by atoms with Gasteiger partial charge in [-0.2, -0.15) is 5.26 Å². The van der Waals surface area contributed by atoms with Gasteiger partial charge in [-0.15, -0.1) is 0 Å². The molecule has 0 unspecified atom stereocenters. The first-order valence-electron chi connectivity index (χ1n) is 3.11. The Bertz CT molecular complexity index is 366. The number of hydrogen-bond acceptors (Lipinski definition) is 3.